The molecule has 0 fully saturated rings. The summed E-state index contributed by atoms with van der Waals surface area (Å²) in [6.07, 6.45) is 3.15. The Morgan fingerprint density at radius 1 is 1.39 bits per heavy atom. The van der Waals surface area contributed by atoms with E-state index in [9.17, 15) is 4.79 Å². The van der Waals surface area contributed by atoms with Gasteiger partial charge in [-0.15, -0.1) is 0 Å². The Morgan fingerprint density at radius 3 is 2.83 bits per heavy atom. The van der Waals surface area contributed by atoms with Gasteiger partial charge in [-0.1, -0.05) is 0 Å². The van der Waals surface area contributed by atoms with E-state index < -0.39 is 0 Å². The zero-order valence-corrected chi connectivity index (χ0v) is 11.3. The molecule has 1 heterocycles. The Morgan fingerprint density at radius 2 is 2.22 bits per heavy atom. The number of carbonyl (C=O) groups is 1. The molecule has 1 amide bonds. The number of methoxy groups -OCH3 is 1. The molecule has 1 N–H and O–H groups in total. The van der Waals surface area contributed by atoms with Crippen LogP contribution in [0.3, 0.4) is 0 Å². The fourth-order valence-electron chi connectivity index (χ4n) is 1.44. The molecule has 0 atom stereocenters. The van der Waals surface area contributed by atoms with Crippen molar-refractivity contribution in [1.82, 2.24) is 4.98 Å². The molecule has 0 aliphatic heterocycles. The van der Waals surface area contributed by atoms with Gasteiger partial charge >= 0.3 is 0 Å². The van der Waals surface area contributed by atoms with Crippen LogP contribution in [0.15, 0.2) is 47.2 Å². The summed E-state index contributed by atoms with van der Waals surface area (Å²) in [7, 11) is 1.59. The highest BCUT2D eigenvalue weighted by molar-refractivity contribution is 9.10. The molecule has 2 aromatic rings. The van der Waals surface area contributed by atoms with E-state index in [0.29, 0.717) is 11.3 Å². The Labute approximate surface area is 113 Å². The molecule has 0 saturated carbocycles. The van der Waals surface area contributed by atoms with E-state index in [4.69, 9.17) is 4.74 Å². The van der Waals surface area contributed by atoms with Gasteiger partial charge in [0, 0.05) is 18.1 Å². The average Bonchev–Trinajstić information content (AvgIpc) is 2.40. The number of nitrogens with zero attached hydrogens (tertiary/aromatic N) is 1. The van der Waals surface area contributed by atoms with E-state index >= 15 is 0 Å². The van der Waals surface area contributed by atoms with Crippen molar-refractivity contribution >= 4 is 27.5 Å². The van der Waals surface area contributed by atoms with Crippen LogP contribution in [0.4, 0.5) is 5.69 Å². The van der Waals surface area contributed by atoms with Crippen LogP contribution in [-0.4, -0.2) is 18.0 Å². The lowest BCUT2D eigenvalue weighted by Gasteiger charge is -2.08. The van der Waals surface area contributed by atoms with Crippen LogP contribution >= 0.6 is 15.9 Å². The molecule has 0 aliphatic rings. The highest BCUT2D eigenvalue weighted by Gasteiger charge is 2.07. The topological polar surface area (TPSA) is 51.2 Å². The molecular weight excluding hydrogens is 296 g/mol. The van der Waals surface area contributed by atoms with E-state index in [2.05, 4.69) is 26.2 Å². The van der Waals surface area contributed by atoms with Gasteiger partial charge in [-0.2, -0.15) is 0 Å². The largest absolute Gasteiger partial charge is 0.496 e. The van der Waals surface area contributed by atoms with Crippen molar-refractivity contribution in [2.45, 2.75) is 0 Å². The van der Waals surface area contributed by atoms with E-state index in [-0.39, 0.29) is 5.91 Å². The van der Waals surface area contributed by atoms with Crippen molar-refractivity contribution in [2.24, 2.45) is 0 Å². The predicted molar refractivity (Wildman–Crippen MR) is 72.9 cm³/mol. The van der Waals surface area contributed by atoms with Gasteiger partial charge in [0.25, 0.3) is 5.91 Å². The van der Waals surface area contributed by atoms with Gasteiger partial charge in [0.2, 0.25) is 0 Å². The molecule has 0 spiro atoms. The van der Waals surface area contributed by atoms with E-state index in [1.54, 1.807) is 43.6 Å². The monoisotopic (exact) mass is 306 g/mol. The third-order valence-corrected chi connectivity index (χ3v) is 2.95. The molecule has 2 rings (SSSR count). The number of rotatable bonds is 3. The summed E-state index contributed by atoms with van der Waals surface area (Å²) < 4.78 is 5.91. The molecule has 0 unspecified atom stereocenters. The molecule has 1 aromatic heterocycles. The van der Waals surface area contributed by atoms with Gasteiger partial charge in [0.05, 0.1) is 17.1 Å². The second-order valence-corrected chi connectivity index (χ2v) is 4.40. The van der Waals surface area contributed by atoms with Gasteiger partial charge in [-0.3, -0.25) is 9.78 Å². The first-order chi connectivity index (χ1) is 8.70. The number of anilines is 1. The molecule has 4 nitrogen and oxygen atoms in total. The number of hydrogen-bond donors (Lipinski definition) is 1. The first-order valence-corrected chi connectivity index (χ1v) is 6.05. The molecule has 92 valence electrons. The molecule has 18 heavy (non-hydrogen) atoms. The third kappa shape index (κ3) is 2.87. The van der Waals surface area contributed by atoms with Crippen molar-refractivity contribution in [2.75, 3.05) is 12.4 Å². The number of pyridine rings is 1. The van der Waals surface area contributed by atoms with Gasteiger partial charge in [0.1, 0.15) is 5.75 Å². The van der Waals surface area contributed by atoms with Gasteiger partial charge in [-0.25, -0.2) is 0 Å². The fourth-order valence-corrected chi connectivity index (χ4v) is 1.99. The minimum atomic E-state index is -0.194. The van der Waals surface area contributed by atoms with Crippen LogP contribution < -0.4 is 10.1 Å². The summed E-state index contributed by atoms with van der Waals surface area (Å²) >= 11 is 3.36. The standard InChI is InChI=1S/C13H11BrN2O2/c1-18-12-5-4-10(7-11(12)14)16-13(17)9-3-2-6-15-8-9/h2-8H,1H3,(H,16,17). The van der Waals surface area contributed by atoms with Gasteiger partial charge in [0.15, 0.2) is 0 Å². The van der Waals surface area contributed by atoms with Crippen LogP contribution in [0.1, 0.15) is 10.4 Å². The SMILES string of the molecule is COc1ccc(NC(=O)c2cccnc2)cc1Br. The Bertz CT molecular complexity index is 558. The zero-order chi connectivity index (χ0) is 13.0. The number of amides is 1. The zero-order valence-electron chi connectivity index (χ0n) is 9.68. The number of nitrogens with one attached hydrogen (secondary N) is 1. The molecule has 0 bridgehead atoms. The summed E-state index contributed by atoms with van der Waals surface area (Å²) in [4.78, 5) is 15.8. The van der Waals surface area contributed by atoms with Crippen molar-refractivity contribution in [3.8, 4) is 5.75 Å². The second-order valence-electron chi connectivity index (χ2n) is 3.55. The quantitative estimate of drug-likeness (QED) is 0.948. The highest BCUT2D eigenvalue weighted by atomic mass is 79.9. The number of aromatic nitrogens is 1. The molecular formula is C13H11BrN2O2. The van der Waals surface area contributed by atoms with Crippen LogP contribution in [0.25, 0.3) is 0 Å². The summed E-state index contributed by atoms with van der Waals surface area (Å²) in [6.45, 7) is 0. The molecule has 0 radical (unpaired) electrons. The average molecular weight is 307 g/mol. The lowest BCUT2D eigenvalue weighted by atomic mass is 10.2. The smallest absolute Gasteiger partial charge is 0.257 e. The number of benzene rings is 1. The second kappa shape index (κ2) is 5.64. The van der Waals surface area contributed by atoms with E-state index in [1.165, 1.54) is 6.20 Å². The summed E-state index contributed by atoms with van der Waals surface area (Å²) in [5.74, 6) is 0.523. The first kappa shape index (κ1) is 12.6. The maximum absolute atomic E-state index is 11.9. The van der Waals surface area contributed by atoms with Gasteiger partial charge < -0.3 is 10.1 Å². The van der Waals surface area contributed by atoms with Crippen LogP contribution in [0.2, 0.25) is 0 Å². The Hall–Kier alpha value is -1.88. The molecule has 0 aliphatic carbocycles. The number of ether oxygens (including phenoxy) is 1. The van der Waals surface area contributed by atoms with Crippen molar-refractivity contribution in [3.05, 3.63) is 52.8 Å². The number of carbonyl (C=O) groups excluding carboxylic acids is 1. The van der Waals surface area contributed by atoms with Crippen molar-refractivity contribution in [3.63, 3.8) is 0 Å². The summed E-state index contributed by atoms with van der Waals surface area (Å²) in [5, 5.41) is 2.79. The normalized spacial score (nSPS) is 9.89. The maximum Gasteiger partial charge on any atom is 0.257 e. The molecule has 0 saturated heterocycles. The van der Waals surface area contributed by atoms with Crippen LogP contribution in [0, 0.1) is 0 Å². The third-order valence-electron chi connectivity index (χ3n) is 2.33. The minimum Gasteiger partial charge on any atom is -0.496 e. The highest BCUT2D eigenvalue weighted by Crippen LogP contribution is 2.27. The van der Waals surface area contributed by atoms with Crippen LogP contribution in [0.5, 0.6) is 5.75 Å². The van der Waals surface area contributed by atoms with Crippen LogP contribution in [-0.2, 0) is 0 Å². The Kier molecular flexibility index (Phi) is 3.94. The van der Waals surface area contributed by atoms with Gasteiger partial charge in [-0.05, 0) is 46.3 Å². The van der Waals surface area contributed by atoms with Crippen molar-refractivity contribution < 1.29 is 9.53 Å². The first-order valence-electron chi connectivity index (χ1n) is 5.25. The summed E-state index contributed by atoms with van der Waals surface area (Å²) in [5.41, 5.74) is 1.21. The van der Waals surface area contributed by atoms with E-state index in [0.717, 1.165) is 10.2 Å². The van der Waals surface area contributed by atoms with E-state index in [1.807, 2.05) is 0 Å². The summed E-state index contributed by atoms with van der Waals surface area (Å²) in [6, 6.07) is 8.77. The predicted octanol–water partition coefficient (Wildman–Crippen LogP) is 3.11. The molecule has 5 heteroatoms. The lowest BCUT2D eigenvalue weighted by molar-refractivity contribution is 0.102. The van der Waals surface area contributed by atoms with Crippen molar-refractivity contribution in [1.29, 1.82) is 0 Å². The lowest BCUT2D eigenvalue weighted by Crippen LogP contribution is -2.11. The molecule has 1 aromatic carbocycles. The maximum atomic E-state index is 11.9. The fraction of sp³-hybridized carbons (Fsp3) is 0.0769. The Balaban J connectivity index is 2.15. The number of halogens is 1. The minimum absolute atomic E-state index is 0.194. The number of hydrogen-bond acceptors (Lipinski definition) is 3.